The minimum absolute atomic E-state index is 0. The van der Waals surface area contributed by atoms with Crippen molar-refractivity contribution in [1.29, 1.82) is 0 Å². The lowest BCUT2D eigenvalue weighted by Crippen LogP contribution is -2.31. The number of nitrogens with two attached hydrogens (primary N) is 1. The van der Waals surface area contributed by atoms with E-state index in [2.05, 4.69) is 16.8 Å². The van der Waals surface area contributed by atoms with Crippen LogP contribution in [0.3, 0.4) is 0 Å². The van der Waals surface area contributed by atoms with Crippen LogP contribution < -0.4 is 5.73 Å². The van der Waals surface area contributed by atoms with Gasteiger partial charge in [0, 0.05) is 31.0 Å². The Kier molecular flexibility index (Phi) is 5.74. The Balaban J connectivity index is 0.00000192. The Bertz CT molecular complexity index is 650. The Labute approximate surface area is 143 Å². The molecule has 2 aromatic rings. The molecule has 1 aromatic heterocycles. The van der Waals surface area contributed by atoms with Gasteiger partial charge in [-0.15, -0.1) is 12.4 Å². The van der Waals surface area contributed by atoms with Crippen LogP contribution >= 0.6 is 12.4 Å². The van der Waals surface area contributed by atoms with Gasteiger partial charge in [0.15, 0.2) is 0 Å². The van der Waals surface area contributed by atoms with E-state index in [1.54, 1.807) is 18.5 Å². The fraction of sp³-hybridized carbons (Fsp3) is 0.389. The molecule has 23 heavy (non-hydrogen) atoms. The van der Waals surface area contributed by atoms with Gasteiger partial charge in [0.05, 0.1) is 0 Å². The summed E-state index contributed by atoms with van der Waals surface area (Å²) in [5.74, 6) is -0.143. The molecular weight excluding hydrogens is 313 g/mol. The Morgan fingerprint density at radius 3 is 2.57 bits per heavy atom. The fourth-order valence-corrected chi connectivity index (χ4v) is 3.07. The first-order chi connectivity index (χ1) is 10.6. The average Bonchev–Trinajstić information content (AvgIpc) is 2.92. The van der Waals surface area contributed by atoms with E-state index < -0.39 is 0 Å². The third-order valence-electron chi connectivity index (χ3n) is 4.59. The number of likely N-dealkylation sites (tertiary alicyclic amines) is 1. The molecule has 1 saturated heterocycles. The van der Waals surface area contributed by atoms with Crippen LogP contribution in [-0.4, -0.2) is 29.5 Å². The van der Waals surface area contributed by atoms with Crippen molar-refractivity contribution >= 4 is 12.4 Å². The highest BCUT2D eigenvalue weighted by atomic mass is 35.5. The molecule has 1 atom stereocenters. The molecule has 1 aliphatic rings. The maximum absolute atomic E-state index is 14.4. The van der Waals surface area contributed by atoms with Gasteiger partial charge in [-0.05, 0) is 54.3 Å². The zero-order chi connectivity index (χ0) is 15.6. The summed E-state index contributed by atoms with van der Waals surface area (Å²) in [7, 11) is 0. The predicted molar refractivity (Wildman–Crippen MR) is 93.9 cm³/mol. The van der Waals surface area contributed by atoms with Gasteiger partial charge in [-0.1, -0.05) is 19.1 Å². The molecule has 124 valence electrons. The number of hydrogen-bond acceptors (Lipinski definition) is 3. The van der Waals surface area contributed by atoms with E-state index in [0.717, 1.165) is 36.2 Å². The zero-order valence-corrected chi connectivity index (χ0v) is 14.2. The molecule has 0 amide bonds. The summed E-state index contributed by atoms with van der Waals surface area (Å²) in [5, 5.41) is 0. The molecule has 5 heteroatoms. The normalized spacial score (nSPS) is 21.2. The lowest BCUT2D eigenvalue weighted by atomic mass is 9.90. The van der Waals surface area contributed by atoms with Crippen LogP contribution in [0.15, 0.2) is 42.7 Å². The van der Waals surface area contributed by atoms with Crippen LogP contribution in [0.5, 0.6) is 0 Å². The van der Waals surface area contributed by atoms with Gasteiger partial charge in [-0.25, -0.2) is 4.39 Å². The summed E-state index contributed by atoms with van der Waals surface area (Å²) in [4.78, 5) is 6.28. The van der Waals surface area contributed by atoms with Gasteiger partial charge in [-0.2, -0.15) is 0 Å². The van der Waals surface area contributed by atoms with E-state index >= 15 is 0 Å². The quantitative estimate of drug-likeness (QED) is 0.930. The molecular formula is C18H23ClFN3. The van der Waals surface area contributed by atoms with Crippen LogP contribution in [0.2, 0.25) is 0 Å². The Hall–Kier alpha value is -1.49. The van der Waals surface area contributed by atoms with Gasteiger partial charge in [0.2, 0.25) is 0 Å². The minimum Gasteiger partial charge on any atom is -0.330 e. The summed E-state index contributed by atoms with van der Waals surface area (Å²) in [6.07, 6.45) is 4.53. The molecule has 2 heterocycles. The van der Waals surface area contributed by atoms with Crippen molar-refractivity contribution in [1.82, 2.24) is 9.88 Å². The summed E-state index contributed by atoms with van der Waals surface area (Å²) in [6.45, 7) is 5.47. The molecule has 0 aliphatic carbocycles. The van der Waals surface area contributed by atoms with Crippen LogP contribution in [0.25, 0.3) is 11.1 Å². The van der Waals surface area contributed by atoms with E-state index in [9.17, 15) is 4.39 Å². The molecule has 0 radical (unpaired) electrons. The van der Waals surface area contributed by atoms with E-state index in [-0.39, 0.29) is 23.6 Å². The molecule has 1 unspecified atom stereocenters. The number of pyridine rings is 1. The first-order valence-electron chi connectivity index (χ1n) is 7.71. The second-order valence-electron chi connectivity index (χ2n) is 6.52. The Morgan fingerprint density at radius 2 is 1.96 bits per heavy atom. The van der Waals surface area contributed by atoms with E-state index in [4.69, 9.17) is 5.73 Å². The second-order valence-corrected chi connectivity index (χ2v) is 6.52. The van der Waals surface area contributed by atoms with Gasteiger partial charge in [0.1, 0.15) is 5.82 Å². The standard InChI is InChI=1S/C18H22FN3.ClH/c1-18(12-20)6-9-22(13-18)11-16-3-2-15(10-17(16)19)14-4-7-21-8-5-14;/h2-5,7-8,10H,6,9,11-13,20H2,1H3;1H. The average molecular weight is 336 g/mol. The van der Waals surface area contributed by atoms with Crippen molar-refractivity contribution in [3.8, 4) is 11.1 Å². The Morgan fingerprint density at radius 1 is 1.22 bits per heavy atom. The van der Waals surface area contributed by atoms with Crippen molar-refractivity contribution < 1.29 is 4.39 Å². The number of halogens is 2. The highest BCUT2D eigenvalue weighted by Crippen LogP contribution is 2.30. The van der Waals surface area contributed by atoms with Gasteiger partial charge in [0.25, 0.3) is 0 Å². The first-order valence-corrected chi connectivity index (χ1v) is 7.71. The molecule has 0 bridgehead atoms. The van der Waals surface area contributed by atoms with Crippen molar-refractivity contribution in [2.45, 2.75) is 19.9 Å². The van der Waals surface area contributed by atoms with Gasteiger partial charge < -0.3 is 5.73 Å². The van der Waals surface area contributed by atoms with E-state index in [1.165, 1.54) is 0 Å². The summed E-state index contributed by atoms with van der Waals surface area (Å²) >= 11 is 0. The molecule has 1 aromatic carbocycles. The number of aromatic nitrogens is 1. The highest BCUT2D eigenvalue weighted by molar-refractivity contribution is 5.85. The summed E-state index contributed by atoms with van der Waals surface area (Å²) < 4.78 is 14.4. The zero-order valence-electron chi connectivity index (χ0n) is 13.3. The van der Waals surface area contributed by atoms with Crippen molar-refractivity contribution in [3.05, 3.63) is 54.1 Å². The van der Waals surface area contributed by atoms with Crippen molar-refractivity contribution in [2.75, 3.05) is 19.6 Å². The number of nitrogens with zero attached hydrogens (tertiary/aromatic N) is 2. The third-order valence-corrected chi connectivity index (χ3v) is 4.59. The summed E-state index contributed by atoms with van der Waals surface area (Å²) in [5.41, 5.74) is 8.62. The van der Waals surface area contributed by atoms with Crippen LogP contribution in [0.4, 0.5) is 4.39 Å². The number of benzene rings is 1. The van der Waals surface area contributed by atoms with Crippen LogP contribution in [0, 0.1) is 11.2 Å². The maximum atomic E-state index is 14.4. The molecule has 0 saturated carbocycles. The van der Waals surface area contributed by atoms with Gasteiger partial charge in [-0.3, -0.25) is 9.88 Å². The van der Waals surface area contributed by atoms with E-state index in [1.807, 2.05) is 24.3 Å². The minimum atomic E-state index is -0.143. The maximum Gasteiger partial charge on any atom is 0.128 e. The first kappa shape index (κ1) is 17.9. The summed E-state index contributed by atoms with van der Waals surface area (Å²) in [6, 6.07) is 9.27. The SMILES string of the molecule is CC1(CN)CCN(Cc2ccc(-c3ccncc3)cc2F)C1.Cl. The second kappa shape index (κ2) is 7.39. The highest BCUT2D eigenvalue weighted by Gasteiger charge is 2.32. The molecule has 2 N–H and O–H groups in total. The molecule has 1 fully saturated rings. The molecule has 3 rings (SSSR count). The largest absolute Gasteiger partial charge is 0.330 e. The molecule has 0 spiro atoms. The number of rotatable bonds is 4. The molecule has 3 nitrogen and oxygen atoms in total. The monoisotopic (exact) mass is 335 g/mol. The molecule has 1 aliphatic heterocycles. The topological polar surface area (TPSA) is 42.1 Å². The van der Waals surface area contributed by atoms with Crippen LogP contribution in [-0.2, 0) is 6.54 Å². The lowest BCUT2D eigenvalue weighted by molar-refractivity contribution is 0.271. The van der Waals surface area contributed by atoms with Gasteiger partial charge >= 0.3 is 0 Å². The fourth-order valence-electron chi connectivity index (χ4n) is 3.07. The lowest BCUT2D eigenvalue weighted by Gasteiger charge is -2.22. The number of hydrogen-bond donors (Lipinski definition) is 1. The van der Waals surface area contributed by atoms with Crippen LogP contribution in [0.1, 0.15) is 18.9 Å². The van der Waals surface area contributed by atoms with Crippen molar-refractivity contribution in [2.24, 2.45) is 11.1 Å². The smallest absolute Gasteiger partial charge is 0.128 e. The van der Waals surface area contributed by atoms with E-state index in [0.29, 0.717) is 13.1 Å². The third kappa shape index (κ3) is 4.08. The van der Waals surface area contributed by atoms with Crippen molar-refractivity contribution in [3.63, 3.8) is 0 Å². The predicted octanol–water partition coefficient (Wildman–Crippen LogP) is 3.48.